The van der Waals surface area contributed by atoms with Gasteiger partial charge in [0.15, 0.2) is 6.61 Å². The van der Waals surface area contributed by atoms with Crippen LogP contribution in [0.15, 0.2) is 42.5 Å². The Morgan fingerprint density at radius 1 is 0.912 bits per heavy atom. The summed E-state index contributed by atoms with van der Waals surface area (Å²) in [6.07, 6.45) is -0.213. The molecule has 3 N–H and O–H groups in total. The molecule has 0 aromatic heterocycles. The zero-order valence-corrected chi connectivity index (χ0v) is 19.5. The average Bonchev–Trinajstić information content (AvgIpc) is 3.18. The van der Waals surface area contributed by atoms with Crippen LogP contribution in [0.1, 0.15) is 27.1 Å². The first-order chi connectivity index (χ1) is 16.1. The predicted octanol–water partition coefficient (Wildman–Crippen LogP) is 2.14. The normalized spacial score (nSPS) is 15.0. The van der Waals surface area contributed by atoms with Crippen molar-refractivity contribution >= 4 is 64.4 Å². The molecule has 0 unspecified atom stereocenters. The summed E-state index contributed by atoms with van der Waals surface area (Å²) in [7, 11) is 0. The molecule has 0 aliphatic carbocycles. The molecule has 2 aromatic carbocycles. The van der Waals surface area contributed by atoms with Gasteiger partial charge in [0, 0.05) is 22.6 Å². The van der Waals surface area contributed by atoms with E-state index in [9.17, 15) is 24.0 Å². The summed E-state index contributed by atoms with van der Waals surface area (Å²) in [4.78, 5) is 60.5. The van der Waals surface area contributed by atoms with Crippen LogP contribution in [0, 0.1) is 5.92 Å². The van der Waals surface area contributed by atoms with E-state index in [-0.39, 0.29) is 34.1 Å². The van der Waals surface area contributed by atoms with Crippen molar-refractivity contribution in [3.8, 4) is 0 Å². The van der Waals surface area contributed by atoms with Gasteiger partial charge in [-0.3, -0.25) is 45.3 Å². The Bertz CT molecular complexity index is 1140. The number of nitrogens with one attached hydrogen (secondary N) is 3. The van der Waals surface area contributed by atoms with Gasteiger partial charge in [-0.1, -0.05) is 34.8 Å². The minimum Gasteiger partial charge on any atom is -0.455 e. The van der Waals surface area contributed by atoms with E-state index >= 15 is 0 Å². The van der Waals surface area contributed by atoms with E-state index in [1.165, 1.54) is 42.5 Å². The fourth-order valence-electron chi connectivity index (χ4n) is 2.89. The summed E-state index contributed by atoms with van der Waals surface area (Å²) in [5.41, 5.74) is 7.10. The zero-order chi connectivity index (χ0) is 24.8. The van der Waals surface area contributed by atoms with Gasteiger partial charge in [0.2, 0.25) is 5.91 Å². The van der Waals surface area contributed by atoms with Gasteiger partial charge in [-0.15, -0.1) is 0 Å². The molecule has 1 saturated heterocycles. The van der Waals surface area contributed by atoms with Gasteiger partial charge < -0.3 is 4.74 Å². The number of hydrogen-bond donors (Lipinski definition) is 3. The minimum absolute atomic E-state index is 0.139. The highest BCUT2D eigenvalue weighted by atomic mass is 35.5. The molecule has 1 atom stereocenters. The molecule has 0 bridgehead atoms. The van der Waals surface area contributed by atoms with Crippen LogP contribution >= 0.6 is 34.8 Å². The van der Waals surface area contributed by atoms with Crippen LogP contribution < -0.4 is 16.3 Å². The van der Waals surface area contributed by atoms with Gasteiger partial charge in [0.25, 0.3) is 17.7 Å². The first kappa shape index (κ1) is 25.3. The quantitative estimate of drug-likeness (QED) is 0.389. The van der Waals surface area contributed by atoms with Crippen molar-refractivity contribution in [1.82, 2.24) is 21.3 Å². The fraction of sp³-hybridized carbons (Fsp3) is 0.190. The molecule has 10 nitrogen and oxygen atoms in total. The Morgan fingerprint density at radius 2 is 1.59 bits per heavy atom. The minimum atomic E-state index is -0.891. The highest BCUT2D eigenvalue weighted by Gasteiger charge is 2.36. The first-order valence-corrected chi connectivity index (χ1v) is 10.8. The Hall–Kier alpha value is -3.34. The van der Waals surface area contributed by atoms with Crippen LogP contribution in [0.25, 0.3) is 0 Å². The maximum Gasteiger partial charge on any atom is 0.311 e. The molecule has 34 heavy (non-hydrogen) atoms. The van der Waals surface area contributed by atoms with Crippen LogP contribution in [0.5, 0.6) is 0 Å². The highest BCUT2D eigenvalue weighted by Crippen LogP contribution is 2.23. The van der Waals surface area contributed by atoms with Crippen molar-refractivity contribution in [2.75, 3.05) is 13.2 Å². The van der Waals surface area contributed by atoms with Crippen LogP contribution in [0.4, 0.5) is 0 Å². The molecule has 13 heteroatoms. The molecule has 0 saturated carbocycles. The Labute approximate surface area is 208 Å². The average molecular weight is 528 g/mol. The number of rotatable bonds is 6. The third-order valence-corrected chi connectivity index (χ3v) is 5.64. The molecular formula is C21H17Cl3N4O6. The second-order valence-electron chi connectivity index (χ2n) is 7.09. The van der Waals surface area contributed by atoms with E-state index < -0.39 is 42.1 Å². The number of benzene rings is 2. The van der Waals surface area contributed by atoms with Crippen molar-refractivity contribution in [3.63, 3.8) is 0 Å². The summed E-state index contributed by atoms with van der Waals surface area (Å²) in [6.45, 7) is -0.820. The van der Waals surface area contributed by atoms with E-state index in [0.29, 0.717) is 5.02 Å². The molecular weight excluding hydrogens is 511 g/mol. The zero-order valence-electron chi connectivity index (χ0n) is 17.3. The van der Waals surface area contributed by atoms with Crippen molar-refractivity contribution in [2.45, 2.75) is 6.42 Å². The van der Waals surface area contributed by atoms with Gasteiger partial charge >= 0.3 is 5.97 Å². The standard InChI is InChI=1S/C21H17Cl3N4O6/c22-14-4-1-11(2-5-14)19(31)26-25-17(29)10-34-21(33)13-8-18(30)28(9-13)27-20(32)12-3-6-15(23)16(24)7-12/h1-7,13H,8-10H2,(H,25,29)(H,26,31)(H,27,32)/t13-/m0/s1. The maximum atomic E-state index is 12.3. The molecule has 178 valence electrons. The number of halogens is 3. The summed E-state index contributed by atoms with van der Waals surface area (Å²) in [6, 6.07) is 10.2. The smallest absolute Gasteiger partial charge is 0.311 e. The van der Waals surface area contributed by atoms with Crippen molar-refractivity contribution in [3.05, 3.63) is 68.7 Å². The lowest BCUT2D eigenvalue weighted by Gasteiger charge is -2.17. The lowest BCUT2D eigenvalue weighted by molar-refractivity contribution is -0.152. The molecule has 1 aliphatic heterocycles. The number of carbonyl (C=O) groups is 5. The molecule has 0 spiro atoms. The van der Waals surface area contributed by atoms with Gasteiger partial charge in [0.1, 0.15) is 0 Å². The summed E-state index contributed by atoms with van der Waals surface area (Å²) in [5.74, 6) is -4.19. The number of hydrazine groups is 2. The number of hydrogen-bond acceptors (Lipinski definition) is 6. The summed E-state index contributed by atoms with van der Waals surface area (Å²) >= 11 is 17.5. The van der Waals surface area contributed by atoms with E-state index in [2.05, 4.69) is 16.3 Å². The largest absolute Gasteiger partial charge is 0.455 e. The summed E-state index contributed by atoms with van der Waals surface area (Å²) in [5, 5.41) is 1.88. The van der Waals surface area contributed by atoms with Crippen LogP contribution in [0.3, 0.4) is 0 Å². The van der Waals surface area contributed by atoms with Gasteiger partial charge in [0.05, 0.1) is 22.5 Å². The number of carbonyl (C=O) groups excluding carboxylic acids is 5. The summed E-state index contributed by atoms with van der Waals surface area (Å²) < 4.78 is 4.91. The van der Waals surface area contributed by atoms with Crippen molar-refractivity contribution < 1.29 is 28.7 Å². The third-order valence-electron chi connectivity index (χ3n) is 4.64. The van der Waals surface area contributed by atoms with Gasteiger partial charge in [-0.2, -0.15) is 0 Å². The first-order valence-electron chi connectivity index (χ1n) is 9.72. The lowest BCUT2D eigenvalue weighted by Crippen LogP contribution is -2.44. The Kier molecular flexibility index (Phi) is 8.32. The van der Waals surface area contributed by atoms with Crippen molar-refractivity contribution in [2.24, 2.45) is 5.92 Å². The van der Waals surface area contributed by atoms with E-state index in [0.717, 1.165) is 5.01 Å². The van der Waals surface area contributed by atoms with Crippen LogP contribution in [-0.2, 0) is 19.1 Å². The predicted molar refractivity (Wildman–Crippen MR) is 122 cm³/mol. The third kappa shape index (κ3) is 6.60. The molecule has 3 rings (SSSR count). The molecule has 4 amide bonds. The lowest BCUT2D eigenvalue weighted by atomic mass is 10.1. The molecule has 1 aliphatic rings. The molecule has 0 radical (unpaired) electrons. The molecule has 1 heterocycles. The van der Waals surface area contributed by atoms with E-state index in [4.69, 9.17) is 39.5 Å². The second kappa shape index (κ2) is 11.2. The topological polar surface area (TPSA) is 134 Å². The van der Waals surface area contributed by atoms with Crippen LogP contribution in [0.2, 0.25) is 15.1 Å². The number of amides is 4. The van der Waals surface area contributed by atoms with Gasteiger partial charge in [-0.05, 0) is 42.5 Å². The molecule has 2 aromatic rings. The van der Waals surface area contributed by atoms with Crippen molar-refractivity contribution in [1.29, 1.82) is 0 Å². The Balaban J connectivity index is 1.43. The number of esters is 1. The van der Waals surface area contributed by atoms with Gasteiger partial charge in [-0.25, -0.2) is 0 Å². The fourth-order valence-corrected chi connectivity index (χ4v) is 3.31. The monoisotopic (exact) mass is 526 g/mol. The second-order valence-corrected chi connectivity index (χ2v) is 8.34. The maximum absolute atomic E-state index is 12.3. The highest BCUT2D eigenvalue weighted by molar-refractivity contribution is 6.42. The van der Waals surface area contributed by atoms with Crippen LogP contribution in [-0.4, -0.2) is 47.8 Å². The van der Waals surface area contributed by atoms with E-state index in [1.54, 1.807) is 0 Å². The SMILES string of the molecule is O=C(COC(=O)[C@H]1CC(=O)N(NC(=O)c2ccc(Cl)c(Cl)c2)C1)NNC(=O)c1ccc(Cl)cc1. The van der Waals surface area contributed by atoms with E-state index in [1.807, 2.05) is 0 Å². The Morgan fingerprint density at radius 3 is 2.26 bits per heavy atom. The molecule has 1 fully saturated rings. The number of nitrogens with zero attached hydrogens (tertiary/aromatic N) is 1. The number of ether oxygens (including phenoxy) is 1.